The zero-order valence-electron chi connectivity index (χ0n) is 20.8. The third-order valence-corrected chi connectivity index (χ3v) is 6.85. The third-order valence-electron chi connectivity index (χ3n) is 6.85. The summed E-state index contributed by atoms with van der Waals surface area (Å²) < 4.78 is 0. The van der Waals surface area contributed by atoms with E-state index in [1.807, 2.05) is 6.07 Å². The number of rotatable bonds is 5. The monoisotopic (exact) mass is 705 g/mol. The summed E-state index contributed by atoms with van der Waals surface area (Å²) in [6.45, 7) is 0. The van der Waals surface area contributed by atoms with Crippen molar-refractivity contribution < 1.29 is 31.1 Å². The Bertz CT molecular complexity index is 1330. The minimum Gasteiger partial charge on any atom is -0.367 e. The molecule has 1 fully saturated rings. The van der Waals surface area contributed by atoms with Gasteiger partial charge in [0.05, 0.1) is 12.7 Å². The number of benzene rings is 2. The fourth-order valence-corrected chi connectivity index (χ4v) is 5.09. The number of aromatic nitrogens is 6. The molecule has 0 radical (unpaired) electrons. The van der Waals surface area contributed by atoms with E-state index in [9.17, 15) is 0 Å². The van der Waals surface area contributed by atoms with Gasteiger partial charge in [0.15, 0.2) is 0 Å². The molecule has 6 rings (SSSR count). The van der Waals surface area contributed by atoms with Gasteiger partial charge in [0.1, 0.15) is 11.6 Å². The number of nitrogens with one attached hydrogen (secondary N) is 1. The maximum atomic E-state index is 6.15. The van der Waals surface area contributed by atoms with Crippen molar-refractivity contribution in [3.05, 3.63) is 78.6 Å². The van der Waals surface area contributed by atoms with Gasteiger partial charge in [-0.1, -0.05) is 42.5 Å². The van der Waals surface area contributed by atoms with Crippen molar-refractivity contribution in [1.82, 2.24) is 30.2 Å². The predicted octanol–water partition coefficient (Wildman–Crippen LogP) is 3.96. The largest absolute Gasteiger partial charge is 0.367 e. The van der Waals surface area contributed by atoms with Crippen LogP contribution in [0.4, 0.5) is 5.82 Å². The Hall–Kier alpha value is -2.60. The molecule has 0 amide bonds. The summed E-state index contributed by atoms with van der Waals surface area (Å²) in [7, 11) is 1.78. The van der Waals surface area contributed by atoms with Crippen LogP contribution in [-0.2, 0) is 19.9 Å². The van der Waals surface area contributed by atoms with E-state index in [1.165, 1.54) is 21.5 Å². The molecule has 0 spiro atoms. The second-order valence-electron chi connectivity index (χ2n) is 9.38. The zero-order valence-corrected chi connectivity index (χ0v) is 24.9. The summed E-state index contributed by atoms with van der Waals surface area (Å²) in [6, 6.07) is 17.5. The molecule has 36 heavy (non-hydrogen) atoms. The quantitative estimate of drug-likeness (QED) is 0.267. The Labute approximate surface area is 235 Å². The molecule has 1 saturated carbocycles. The Kier molecular flexibility index (Phi) is 8.24. The van der Waals surface area contributed by atoms with Gasteiger partial charge in [0, 0.05) is 67.2 Å². The van der Waals surface area contributed by atoms with Crippen LogP contribution < -0.4 is 11.1 Å². The van der Waals surface area contributed by atoms with Crippen molar-refractivity contribution in [2.24, 2.45) is 12.8 Å². The molecule has 4 aromatic rings. The Morgan fingerprint density at radius 2 is 1.81 bits per heavy atom. The van der Waals surface area contributed by atoms with E-state index < -0.39 is 0 Å². The van der Waals surface area contributed by atoms with Crippen LogP contribution in [-0.4, -0.2) is 42.3 Å². The average Bonchev–Trinajstić information content (AvgIpc) is 3.44. The minimum atomic E-state index is 0. The first-order valence-electron chi connectivity index (χ1n) is 12.0. The van der Waals surface area contributed by atoms with E-state index in [0.717, 1.165) is 60.6 Å². The van der Waals surface area contributed by atoms with E-state index in [4.69, 9.17) is 15.7 Å². The molecule has 0 atom stereocenters. The van der Waals surface area contributed by atoms with Gasteiger partial charge < -0.3 is 18.5 Å². The van der Waals surface area contributed by atoms with Crippen LogP contribution in [0.5, 0.6) is 0 Å². The van der Waals surface area contributed by atoms with Gasteiger partial charge in [-0.25, -0.2) is 9.97 Å². The van der Waals surface area contributed by atoms with Gasteiger partial charge in [-0.05, 0) is 53.7 Å². The number of hydrogen-bond donors (Lipinski definition) is 2. The van der Waals surface area contributed by atoms with Gasteiger partial charge in [0.2, 0.25) is 5.82 Å². The maximum Gasteiger partial charge on any atom is 0.204 e. The second kappa shape index (κ2) is 11.2. The first-order chi connectivity index (χ1) is 16.6. The van der Waals surface area contributed by atoms with Crippen LogP contribution in [0.15, 0.2) is 48.5 Å². The van der Waals surface area contributed by atoms with Crippen molar-refractivity contribution in [2.45, 2.75) is 50.6 Å². The molecule has 0 bridgehead atoms. The van der Waals surface area contributed by atoms with Crippen LogP contribution in [0.1, 0.15) is 48.3 Å². The van der Waals surface area contributed by atoms with Gasteiger partial charge in [0.25, 0.3) is 0 Å². The molecule has 0 aliphatic heterocycles. The number of fused-ring (bicyclic) bond motifs is 3. The summed E-state index contributed by atoms with van der Waals surface area (Å²) in [5, 5.41) is 16.3. The normalized spacial score (nSPS) is 17.9. The number of nitrogens with zero attached hydrogens (tertiary/aromatic N) is 6. The topological polar surface area (TPSA) is 107 Å². The number of aryl methyl sites for hydroxylation is 1. The SMILES string of the molecule is Cn1nnc(-c2ccc3c(c2)Cc2nc(Cc4ccccc4)nc(NC4CCC(N)CC4)c2-3)n1.[CH3-].[U]. The molecule has 3 N–H and O–H groups in total. The summed E-state index contributed by atoms with van der Waals surface area (Å²) in [5.41, 5.74) is 12.9. The summed E-state index contributed by atoms with van der Waals surface area (Å²) >= 11 is 0. The molecule has 0 saturated heterocycles. The first kappa shape index (κ1) is 26.5. The summed E-state index contributed by atoms with van der Waals surface area (Å²) in [5.74, 6) is 2.43. The van der Waals surface area contributed by atoms with Crippen molar-refractivity contribution in [2.75, 3.05) is 5.32 Å². The van der Waals surface area contributed by atoms with Crippen LogP contribution in [0, 0.1) is 38.5 Å². The van der Waals surface area contributed by atoms with E-state index >= 15 is 0 Å². The molecular weight excluding hydrogens is 674 g/mol. The maximum absolute atomic E-state index is 6.15. The molecular formula is C27H31N8U-. The first-order valence-corrected chi connectivity index (χ1v) is 12.0. The smallest absolute Gasteiger partial charge is 0.204 e. The summed E-state index contributed by atoms with van der Waals surface area (Å²) in [4.78, 5) is 11.5. The van der Waals surface area contributed by atoms with Gasteiger partial charge in [-0.15, -0.1) is 10.2 Å². The molecule has 0 unspecified atom stereocenters. The van der Waals surface area contributed by atoms with Crippen molar-refractivity contribution in [3.8, 4) is 22.5 Å². The van der Waals surface area contributed by atoms with Crippen molar-refractivity contribution in [1.29, 1.82) is 0 Å². The van der Waals surface area contributed by atoms with Crippen LogP contribution in [0.25, 0.3) is 22.5 Å². The van der Waals surface area contributed by atoms with Gasteiger partial charge in [-0.3, -0.25) is 0 Å². The van der Waals surface area contributed by atoms with Crippen LogP contribution in [0.2, 0.25) is 0 Å². The molecule has 184 valence electrons. The number of anilines is 1. The van der Waals surface area contributed by atoms with Gasteiger partial charge >= 0.3 is 0 Å². The van der Waals surface area contributed by atoms with Crippen LogP contribution >= 0.6 is 0 Å². The minimum absolute atomic E-state index is 0. The standard InChI is InChI=1S/C26H28N8.CH3.U/c1-34-32-25(31-33-34)17-7-12-21-18(14-17)15-22-24(21)26(28-20-10-8-19(27)9-11-20)30-23(29-22)13-16-5-3-2-4-6-16;;/h2-7,12,14,19-20H,8-11,13,15,27H2,1H3,(H,28,29,30);1H3;/q;-1;. The third kappa shape index (κ3) is 5.39. The fourth-order valence-electron chi connectivity index (χ4n) is 5.09. The molecule has 2 aromatic carbocycles. The van der Waals surface area contributed by atoms with Crippen molar-refractivity contribution in [3.63, 3.8) is 0 Å². The zero-order chi connectivity index (χ0) is 23.1. The Morgan fingerprint density at radius 1 is 1.03 bits per heavy atom. The van der Waals surface area contributed by atoms with Crippen molar-refractivity contribution >= 4 is 5.82 Å². The number of tetrazole rings is 1. The predicted molar refractivity (Wildman–Crippen MR) is 138 cm³/mol. The fraction of sp³-hybridized carbons (Fsp3) is 0.333. The van der Waals surface area contributed by atoms with E-state index in [0.29, 0.717) is 24.3 Å². The Morgan fingerprint density at radius 3 is 2.53 bits per heavy atom. The molecule has 2 heterocycles. The van der Waals surface area contributed by atoms with E-state index in [1.54, 1.807) is 7.05 Å². The molecule has 2 aromatic heterocycles. The average molecular weight is 706 g/mol. The number of nitrogens with two attached hydrogens (primary N) is 1. The Balaban J connectivity index is 0.00000152. The second-order valence-corrected chi connectivity index (χ2v) is 9.38. The molecule has 2 aliphatic carbocycles. The van der Waals surface area contributed by atoms with Gasteiger partial charge in [-0.2, -0.15) is 4.80 Å². The molecule has 2 aliphatic rings. The summed E-state index contributed by atoms with van der Waals surface area (Å²) in [6.07, 6.45) is 5.71. The number of hydrogen-bond acceptors (Lipinski definition) is 7. The van der Waals surface area contributed by atoms with E-state index in [-0.39, 0.29) is 38.5 Å². The molecule has 9 heteroatoms. The van der Waals surface area contributed by atoms with E-state index in [2.05, 4.69) is 63.2 Å². The molecule has 8 nitrogen and oxygen atoms in total. The van der Waals surface area contributed by atoms with Crippen LogP contribution in [0.3, 0.4) is 0 Å².